The van der Waals surface area contributed by atoms with E-state index in [4.69, 9.17) is 0 Å². The van der Waals surface area contributed by atoms with Crippen molar-refractivity contribution in [2.24, 2.45) is 11.3 Å². The molecule has 3 nitrogen and oxygen atoms in total. The summed E-state index contributed by atoms with van der Waals surface area (Å²) in [6.45, 7) is 10.0. The first-order valence-corrected chi connectivity index (χ1v) is 11.9. The highest BCUT2D eigenvalue weighted by Crippen LogP contribution is 2.57. The number of rotatable bonds is 2. The predicted molar refractivity (Wildman–Crippen MR) is 118 cm³/mol. The van der Waals surface area contributed by atoms with Gasteiger partial charge in [-0.15, -0.1) is 0 Å². The van der Waals surface area contributed by atoms with Crippen LogP contribution in [0.5, 0.6) is 0 Å². The monoisotopic (exact) mass is 394 g/mol. The first-order valence-electron chi connectivity index (χ1n) is 11.9. The van der Waals surface area contributed by atoms with E-state index in [1.807, 2.05) is 0 Å². The number of piperidine rings is 1. The fourth-order valence-electron chi connectivity index (χ4n) is 6.62. The highest BCUT2D eigenvalue weighted by Gasteiger charge is 2.51. The zero-order valence-electron chi connectivity index (χ0n) is 18.6. The fraction of sp³-hybridized carbons (Fsp3) is 0.731. The van der Waals surface area contributed by atoms with E-state index in [1.54, 1.807) is 0 Å². The van der Waals surface area contributed by atoms with Gasteiger partial charge in [-0.05, 0) is 85.8 Å². The maximum absolute atomic E-state index is 13.0. The second-order valence-electron chi connectivity index (χ2n) is 11.7. The lowest BCUT2D eigenvalue weighted by atomic mass is 9.55. The zero-order chi connectivity index (χ0) is 20.3. The van der Waals surface area contributed by atoms with Gasteiger partial charge >= 0.3 is 0 Å². The number of carbonyl (C=O) groups excluding carboxylic acids is 1. The van der Waals surface area contributed by atoms with Gasteiger partial charge in [0, 0.05) is 24.5 Å². The molecule has 0 bridgehead atoms. The van der Waals surface area contributed by atoms with Crippen LogP contribution in [0.4, 0.5) is 0 Å². The smallest absolute Gasteiger partial charge is 0.225 e. The van der Waals surface area contributed by atoms with Crippen molar-refractivity contribution in [1.29, 1.82) is 0 Å². The fourth-order valence-corrected chi connectivity index (χ4v) is 6.62. The Kier molecular flexibility index (Phi) is 4.62. The van der Waals surface area contributed by atoms with Crippen LogP contribution >= 0.6 is 0 Å². The van der Waals surface area contributed by atoms with Crippen molar-refractivity contribution >= 4 is 5.91 Å². The second-order valence-corrected chi connectivity index (χ2v) is 11.7. The number of nitrogens with zero attached hydrogens (tertiary/aromatic N) is 1. The number of likely N-dealkylation sites (tertiary alicyclic amines) is 1. The molecule has 0 atom stereocenters. The average Bonchev–Trinajstić information content (AvgIpc) is 3.14. The zero-order valence-corrected chi connectivity index (χ0v) is 18.6. The van der Waals surface area contributed by atoms with Crippen molar-refractivity contribution in [3.05, 3.63) is 35.4 Å². The Balaban J connectivity index is 1.13. The molecule has 2 heterocycles. The molecule has 5 rings (SSSR count). The van der Waals surface area contributed by atoms with E-state index in [1.165, 1.54) is 49.7 Å². The third-order valence-corrected chi connectivity index (χ3v) is 8.67. The molecule has 29 heavy (non-hydrogen) atoms. The molecule has 1 aromatic rings. The van der Waals surface area contributed by atoms with Crippen molar-refractivity contribution in [3.8, 4) is 0 Å². The minimum Gasteiger partial charge on any atom is -0.342 e. The number of carbonyl (C=O) groups is 1. The summed E-state index contributed by atoms with van der Waals surface area (Å²) in [6.07, 6.45) is 9.79. The van der Waals surface area contributed by atoms with Crippen LogP contribution in [0.3, 0.4) is 0 Å². The van der Waals surface area contributed by atoms with Gasteiger partial charge in [0.2, 0.25) is 5.91 Å². The summed E-state index contributed by atoms with van der Waals surface area (Å²) >= 11 is 0. The van der Waals surface area contributed by atoms with Gasteiger partial charge in [0.1, 0.15) is 0 Å². The van der Waals surface area contributed by atoms with E-state index in [9.17, 15) is 4.79 Å². The van der Waals surface area contributed by atoms with Crippen LogP contribution in [0.2, 0.25) is 0 Å². The Hall–Kier alpha value is -1.35. The van der Waals surface area contributed by atoms with Crippen LogP contribution in [-0.2, 0) is 10.2 Å². The Labute approximate surface area is 176 Å². The third kappa shape index (κ3) is 3.54. The molecule has 2 saturated heterocycles. The molecule has 158 valence electrons. The third-order valence-electron chi connectivity index (χ3n) is 8.67. The molecule has 0 unspecified atom stereocenters. The lowest BCUT2D eigenvalue weighted by Crippen LogP contribution is -2.57. The Morgan fingerprint density at radius 1 is 1.07 bits per heavy atom. The summed E-state index contributed by atoms with van der Waals surface area (Å²) in [5.74, 6) is 1.47. The van der Waals surface area contributed by atoms with Crippen LogP contribution in [0.1, 0.15) is 89.2 Å². The molecule has 2 spiro atoms. The standard InChI is InChI=1S/C26H38N2O/c1-24(2,3)22-7-4-6-19(14-22)20-15-25(16-20)9-12-28(13-10-25)23(29)21-17-26(18-21)8-5-11-27-26/h4,6-7,14,20-21,27H,5,8-13,15-18H2,1-3H3/t21-,26+. The molecule has 4 fully saturated rings. The second kappa shape index (κ2) is 6.83. The van der Waals surface area contributed by atoms with Crippen LogP contribution in [0, 0.1) is 11.3 Å². The van der Waals surface area contributed by atoms with Gasteiger partial charge in [-0.3, -0.25) is 4.79 Å². The van der Waals surface area contributed by atoms with Crippen molar-refractivity contribution in [2.45, 2.75) is 89.0 Å². The first-order chi connectivity index (χ1) is 13.8. The molecule has 2 aliphatic heterocycles. The number of amides is 1. The predicted octanol–water partition coefficient (Wildman–Crippen LogP) is 5.00. The van der Waals surface area contributed by atoms with Gasteiger partial charge in [0.15, 0.2) is 0 Å². The molecule has 1 aromatic carbocycles. The number of nitrogens with one attached hydrogen (secondary N) is 1. The molecule has 3 heteroatoms. The van der Waals surface area contributed by atoms with Gasteiger partial charge in [0.05, 0.1) is 0 Å². The number of benzene rings is 1. The first kappa shape index (κ1) is 19.6. The quantitative estimate of drug-likeness (QED) is 0.765. The molecule has 0 aromatic heterocycles. The lowest BCUT2D eigenvalue weighted by Gasteiger charge is -2.54. The van der Waals surface area contributed by atoms with Crippen molar-refractivity contribution < 1.29 is 4.79 Å². The minimum absolute atomic E-state index is 0.220. The molecule has 2 saturated carbocycles. The molecule has 1 N–H and O–H groups in total. The average molecular weight is 395 g/mol. The van der Waals surface area contributed by atoms with Crippen molar-refractivity contribution in [3.63, 3.8) is 0 Å². The molecular weight excluding hydrogens is 356 g/mol. The van der Waals surface area contributed by atoms with Gasteiger partial charge in [0.25, 0.3) is 0 Å². The van der Waals surface area contributed by atoms with Gasteiger partial charge in [-0.25, -0.2) is 0 Å². The summed E-state index contributed by atoms with van der Waals surface area (Å²) in [7, 11) is 0. The summed E-state index contributed by atoms with van der Waals surface area (Å²) < 4.78 is 0. The summed E-state index contributed by atoms with van der Waals surface area (Å²) in [5.41, 5.74) is 4.04. The molecule has 1 amide bonds. The largest absolute Gasteiger partial charge is 0.342 e. The summed E-state index contributed by atoms with van der Waals surface area (Å²) in [5, 5.41) is 3.65. The Morgan fingerprint density at radius 3 is 2.41 bits per heavy atom. The van der Waals surface area contributed by atoms with Crippen molar-refractivity contribution in [2.75, 3.05) is 19.6 Å². The SMILES string of the molecule is CC(C)(C)c1cccc(C2CC3(CCN(C(=O)[C@H]4C[C@]5(CCCN5)C4)CC3)C2)c1. The Bertz CT molecular complexity index is 762. The number of hydrogen-bond donors (Lipinski definition) is 1. The van der Waals surface area contributed by atoms with Crippen LogP contribution in [-0.4, -0.2) is 36.0 Å². The lowest BCUT2D eigenvalue weighted by molar-refractivity contribution is -0.144. The Morgan fingerprint density at radius 2 is 1.79 bits per heavy atom. The maximum atomic E-state index is 13.0. The normalized spacial score (nSPS) is 28.4. The number of hydrogen-bond acceptors (Lipinski definition) is 2. The van der Waals surface area contributed by atoms with Crippen LogP contribution in [0.15, 0.2) is 24.3 Å². The van der Waals surface area contributed by atoms with E-state index < -0.39 is 0 Å². The summed E-state index contributed by atoms with van der Waals surface area (Å²) in [4.78, 5) is 15.2. The van der Waals surface area contributed by atoms with Gasteiger partial charge < -0.3 is 10.2 Å². The van der Waals surface area contributed by atoms with Crippen molar-refractivity contribution in [1.82, 2.24) is 10.2 Å². The van der Waals surface area contributed by atoms with E-state index in [0.29, 0.717) is 22.8 Å². The summed E-state index contributed by atoms with van der Waals surface area (Å²) in [6, 6.07) is 9.29. The topological polar surface area (TPSA) is 32.3 Å². The van der Waals surface area contributed by atoms with Gasteiger partial charge in [-0.1, -0.05) is 45.0 Å². The molecular formula is C26H38N2O. The van der Waals surface area contributed by atoms with Crippen LogP contribution < -0.4 is 5.32 Å². The maximum Gasteiger partial charge on any atom is 0.225 e. The highest BCUT2D eigenvalue weighted by molar-refractivity contribution is 5.80. The van der Waals surface area contributed by atoms with E-state index >= 15 is 0 Å². The molecule has 0 radical (unpaired) electrons. The minimum atomic E-state index is 0.220. The van der Waals surface area contributed by atoms with E-state index in [-0.39, 0.29) is 5.41 Å². The van der Waals surface area contributed by atoms with E-state index in [0.717, 1.165) is 38.4 Å². The molecule has 4 aliphatic rings. The van der Waals surface area contributed by atoms with Gasteiger partial charge in [-0.2, -0.15) is 0 Å². The highest BCUT2D eigenvalue weighted by atomic mass is 16.2. The molecule has 2 aliphatic carbocycles. The van der Waals surface area contributed by atoms with Crippen LogP contribution in [0.25, 0.3) is 0 Å². The van der Waals surface area contributed by atoms with E-state index in [2.05, 4.69) is 55.3 Å².